The van der Waals surface area contributed by atoms with Crippen LogP contribution in [-0.2, 0) is 16.6 Å². The number of nitrogens with zero attached hydrogens (tertiary/aromatic N) is 1. The number of amides is 1. The molecule has 0 radical (unpaired) electrons. The Bertz CT molecular complexity index is 964. The monoisotopic (exact) mass is 427 g/mol. The molecule has 1 aliphatic heterocycles. The highest BCUT2D eigenvalue weighted by molar-refractivity contribution is 5.91. The van der Waals surface area contributed by atoms with Crippen molar-refractivity contribution in [2.45, 2.75) is 31.1 Å². The maximum atomic E-state index is 13.3. The molecule has 4 rings (SSSR count). The van der Waals surface area contributed by atoms with Gasteiger partial charge in [0.1, 0.15) is 5.41 Å². The standard InChI is InChI=1S/C29H34N2O/c1-31(21-12-11-15-24-13-5-2-6-14-24)22-20-27(23-31)29(28(30)32,25-16-7-3-8-17-25)26-18-9-4-10-19-26/h2-10,13-14,16-19,27H,11-12,15,20-23H2,1H3,(H-,30,32)/p+1/t27?,31-/m1/s1. The summed E-state index contributed by atoms with van der Waals surface area (Å²) in [5.74, 6) is -0.0543. The number of carbonyl (C=O) groups excluding carboxylic acids is 1. The Labute approximate surface area is 192 Å². The van der Waals surface area contributed by atoms with Crippen molar-refractivity contribution in [2.75, 3.05) is 26.7 Å². The van der Waals surface area contributed by atoms with Gasteiger partial charge in [0.2, 0.25) is 5.91 Å². The molecule has 0 bridgehead atoms. The summed E-state index contributed by atoms with van der Waals surface area (Å²) in [6, 6.07) is 31.1. The van der Waals surface area contributed by atoms with Gasteiger partial charge in [-0.3, -0.25) is 4.79 Å². The third-order valence-corrected chi connectivity index (χ3v) is 7.39. The molecule has 1 amide bonds. The molecule has 1 heterocycles. The third kappa shape index (κ3) is 4.49. The number of aryl methyl sites for hydroxylation is 1. The minimum atomic E-state index is -0.789. The van der Waals surface area contributed by atoms with Crippen molar-refractivity contribution in [2.24, 2.45) is 11.7 Å². The lowest BCUT2D eigenvalue weighted by Gasteiger charge is -2.38. The number of carbonyl (C=O) groups is 1. The van der Waals surface area contributed by atoms with Gasteiger partial charge in [-0.1, -0.05) is 91.0 Å². The van der Waals surface area contributed by atoms with Crippen LogP contribution in [0.5, 0.6) is 0 Å². The van der Waals surface area contributed by atoms with Gasteiger partial charge in [-0.15, -0.1) is 0 Å². The average Bonchev–Trinajstić information content (AvgIpc) is 3.21. The van der Waals surface area contributed by atoms with Gasteiger partial charge < -0.3 is 10.2 Å². The predicted octanol–water partition coefficient (Wildman–Crippen LogP) is 4.95. The van der Waals surface area contributed by atoms with Gasteiger partial charge in [0.25, 0.3) is 0 Å². The summed E-state index contributed by atoms with van der Waals surface area (Å²) in [5.41, 5.74) is 8.90. The maximum absolute atomic E-state index is 13.3. The lowest BCUT2D eigenvalue weighted by Crippen LogP contribution is -2.51. The van der Waals surface area contributed by atoms with E-state index in [0.29, 0.717) is 0 Å². The summed E-state index contributed by atoms with van der Waals surface area (Å²) in [6.07, 6.45) is 4.52. The quantitative estimate of drug-likeness (QED) is 0.381. The van der Waals surface area contributed by atoms with Gasteiger partial charge in [0, 0.05) is 12.3 Å². The number of unbranched alkanes of at least 4 members (excludes halogenated alkanes) is 1. The second-order valence-electron chi connectivity index (χ2n) is 9.58. The number of primary amides is 1. The van der Waals surface area contributed by atoms with E-state index in [1.807, 2.05) is 36.4 Å². The molecule has 1 fully saturated rings. The smallest absolute Gasteiger partial charge is 0.233 e. The number of nitrogens with two attached hydrogens (primary N) is 1. The largest absolute Gasteiger partial charge is 0.369 e. The number of hydrogen-bond donors (Lipinski definition) is 1. The third-order valence-electron chi connectivity index (χ3n) is 7.39. The lowest BCUT2D eigenvalue weighted by molar-refractivity contribution is -0.899. The Kier molecular flexibility index (Phi) is 6.76. The minimum Gasteiger partial charge on any atom is -0.369 e. The van der Waals surface area contributed by atoms with Crippen LogP contribution in [0, 0.1) is 5.92 Å². The molecule has 32 heavy (non-hydrogen) atoms. The first-order valence-electron chi connectivity index (χ1n) is 11.8. The van der Waals surface area contributed by atoms with Crippen LogP contribution in [0.1, 0.15) is 36.0 Å². The number of likely N-dealkylation sites (tertiary alicyclic amines) is 1. The SMILES string of the molecule is C[N@@+]1(CCCCc2ccccc2)CCC(C(C(N)=O)(c2ccccc2)c2ccccc2)C1. The Morgan fingerprint density at radius 1 is 0.875 bits per heavy atom. The van der Waals surface area contributed by atoms with E-state index in [0.717, 1.165) is 48.1 Å². The Hall–Kier alpha value is -2.91. The molecule has 0 saturated carbocycles. The summed E-state index contributed by atoms with van der Waals surface area (Å²) in [6.45, 7) is 3.20. The van der Waals surface area contributed by atoms with E-state index in [1.165, 1.54) is 18.4 Å². The molecule has 2 atom stereocenters. The first kappa shape index (κ1) is 22.3. The van der Waals surface area contributed by atoms with Gasteiger partial charge in [0.15, 0.2) is 0 Å². The van der Waals surface area contributed by atoms with Gasteiger partial charge >= 0.3 is 0 Å². The molecule has 3 nitrogen and oxygen atoms in total. The molecule has 3 heteroatoms. The number of quaternary nitrogens is 1. The fourth-order valence-electron chi connectivity index (χ4n) is 5.73. The van der Waals surface area contributed by atoms with E-state index in [9.17, 15) is 4.79 Å². The van der Waals surface area contributed by atoms with Gasteiger partial charge in [-0.25, -0.2) is 0 Å². The van der Waals surface area contributed by atoms with Crippen LogP contribution in [0.4, 0.5) is 0 Å². The van der Waals surface area contributed by atoms with Crippen LogP contribution in [0.25, 0.3) is 0 Å². The van der Waals surface area contributed by atoms with E-state index in [4.69, 9.17) is 5.73 Å². The molecule has 166 valence electrons. The molecule has 1 aliphatic rings. The van der Waals surface area contributed by atoms with Crippen molar-refractivity contribution in [1.82, 2.24) is 0 Å². The molecule has 2 N–H and O–H groups in total. The summed E-state index contributed by atoms with van der Waals surface area (Å²) >= 11 is 0. The van der Waals surface area contributed by atoms with E-state index < -0.39 is 5.41 Å². The molecule has 0 spiro atoms. The Morgan fingerprint density at radius 2 is 1.41 bits per heavy atom. The van der Waals surface area contributed by atoms with Crippen LogP contribution in [0.2, 0.25) is 0 Å². The molecule has 1 unspecified atom stereocenters. The zero-order valence-corrected chi connectivity index (χ0v) is 19.1. The van der Waals surface area contributed by atoms with Gasteiger partial charge in [-0.2, -0.15) is 0 Å². The lowest BCUT2D eigenvalue weighted by atomic mass is 9.64. The van der Waals surface area contributed by atoms with Crippen LogP contribution in [0.3, 0.4) is 0 Å². The van der Waals surface area contributed by atoms with Crippen LogP contribution in [-0.4, -0.2) is 37.1 Å². The number of hydrogen-bond acceptors (Lipinski definition) is 1. The van der Waals surface area contributed by atoms with Crippen molar-refractivity contribution in [3.05, 3.63) is 108 Å². The number of rotatable bonds is 9. The maximum Gasteiger partial charge on any atom is 0.233 e. The highest BCUT2D eigenvalue weighted by atomic mass is 16.1. The predicted molar refractivity (Wildman–Crippen MR) is 131 cm³/mol. The van der Waals surface area contributed by atoms with Gasteiger partial charge in [0.05, 0.1) is 26.7 Å². The highest BCUT2D eigenvalue weighted by Gasteiger charge is 2.53. The molecule has 0 aliphatic carbocycles. The molecule has 0 aromatic heterocycles. The Morgan fingerprint density at radius 3 is 1.94 bits per heavy atom. The van der Waals surface area contributed by atoms with Crippen molar-refractivity contribution in [3.63, 3.8) is 0 Å². The number of benzene rings is 3. The van der Waals surface area contributed by atoms with E-state index in [-0.39, 0.29) is 11.8 Å². The zero-order chi connectivity index (χ0) is 22.4. The molecular weight excluding hydrogens is 392 g/mol. The highest BCUT2D eigenvalue weighted by Crippen LogP contribution is 2.45. The molecular formula is C29H35N2O+. The van der Waals surface area contributed by atoms with Gasteiger partial charge in [-0.05, 0) is 36.0 Å². The first-order chi connectivity index (χ1) is 15.5. The molecule has 3 aromatic rings. The van der Waals surface area contributed by atoms with E-state index >= 15 is 0 Å². The molecule has 1 saturated heterocycles. The summed E-state index contributed by atoms with van der Waals surface area (Å²) in [7, 11) is 2.35. The van der Waals surface area contributed by atoms with Crippen molar-refractivity contribution < 1.29 is 9.28 Å². The van der Waals surface area contributed by atoms with E-state index in [2.05, 4.69) is 61.6 Å². The fourth-order valence-corrected chi connectivity index (χ4v) is 5.73. The first-order valence-corrected chi connectivity index (χ1v) is 11.8. The zero-order valence-electron chi connectivity index (χ0n) is 19.1. The normalized spacial score (nSPS) is 20.8. The average molecular weight is 428 g/mol. The summed E-state index contributed by atoms with van der Waals surface area (Å²) < 4.78 is 1.01. The van der Waals surface area contributed by atoms with Crippen LogP contribution >= 0.6 is 0 Å². The van der Waals surface area contributed by atoms with Crippen LogP contribution in [0.15, 0.2) is 91.0 Å². The van der Waals surface area contributed by atoms with Crippen molar-refractivity contribution in [1.29, 1.82) is 0 Å². The van der Waals surface area contributed by atoms with Crippen molar-refractivity contribution >= 4 is 5.91 Å². The van der Waals surface area contributed by atoms with Crippen molar-refractivity contribution in [3.8, 4) is 0 Å². The topological polar surface area (TPSA) is 43.1 Å². The van der Waals surface area contributed by atoms with E-state index in [1.54, 1.807) is 0 Å². The van der Waals surface area contributed by atoms with Crippen LogP contribution < -0.4 is 5.73 Å². The summed E-state index contributed by atoms with van der Waals surface area (Å²) in [4.78, 5) is 13.3. The Balaban J connectivity index is 1.54. The summed E-state index contributed by atoms with van der Waals surface area (Å²) in [5, 5.41) is 0. The molecule has 3 aromatic carbocycles. The minimum absolute atomic E-state index is 0.184. The second-order valence-corrected chi connectivity index (χ2v) is 9.58. The second kappa shape index (κ2) is 9.70. The fraction of sp³-hybridized carbons (Fsp3) is 0.345.